The molecule has 0 spiro atoms. The third-order valence-electron chi connectivity index (χ3n) is 1.75. The van der Waals surface area contributed by atoms with Crippen LogP contribution in [0, 0.1) is 11.6 Å². The van der Waals surface area contributed by atoms with E-state index >= 15 is 0 Å². The van der Waals surface area contributed by atoms with Crippen molar-refractivity contribution in [2.75, 3.05) is 6.54 Å². The molecular weight excluding hydrogens is 186 g/mol. The van der Waals surface area contributed by atoms with Gasteiger partial charge in [-0.3, -0.25) is 4.99 Å². The minimum atomic E-state index is -0.586. The molecule has 0 saturated carbocycles. The standard InChI is InChI=1S/C10H12F2N2/c1-2-14-10(13)5-7-3-4-8(11)6-9(7)12/h3-4,6H,2,5H2,1H3,(H2,13,14). The van der Waals surface area contributed by atoms with Crippen molar-refractivity contribution in [3.63, 3.8) is 0 Å². The second-order valence-corrected chi connectivity index (χ2v) is 2.88. The molecule has 0 aliphatic rings. The Balaban J connectivity index is 2.82. The number of amidine groups is 1. The van der Waals surface area contributed by atoms with Crippen LogP contribution in [0.2, 0.25) is 0 Å². The highest BCUT2D eigenvalue weighted by Crippen LogP contribution is 2.09. The van der Waals surface area contributed by atoms with E-state index in [1.54, 1.807) is 0 Å². The lowest BCUT2D eigenvalue weighted by Gasteiger charge is -2.02. The summed E-state index contributed by atoms with van der Waals surface area (Å²) in [5, 5.41) is 0. The smallest absolute Gasteiger partial charge is 0.129 e. The molecule has 0 aliphatic heterocycles. The first-order valence-corrected chi connectivity index (χ1v) is 4.36. The molecule has 0 saturated heterocycles. The predicted octanol–water partition coefficient (Wildman–Crippen LogP) is 1.88. The number of hydrogen-bond acceptors (Lipinski definition) is 1. The van der Waals surface area contributed by atoms with Crippen LogP contribution in [0.5, 0.6) is 0 Å². The normalized spacial score (nSPS) is 11.8. The Morgan fingerprint density at radius 2 is 2.14 bits per heavy atom. The number of nitrogens with zero attached hydrogens (tertiary/aromatic N) is 1. The summed E-state index contributed by atoms with van der Waals surface area (Å²) in [6, 6.07) is 3.43. The highest BCUT2D eigenvalue weighted by Gasteiger charge is 2.04. The topological polar surface area (TPSA) is 38.4 Å². The molecule has 4 heteroatoms. The summed E-state index contributed by atoms with van der Waals surface area (Å²) in [5.74, 6) is -0.811. The molecule has 1 rings (SSSR count). The summed E-state index contributed by atoms with van der Waals surface area (Å²) in [6.07, 6.45) is 0.222. The van der Waals surface area contributed by atoms with Crippen molar-refractivity contribution in [2.45, 2.75) is 13.3 Å². The van der Waals surface area contributed by atoms with Crippen LogP contribution in [0.25, 0.3) is 0 Å². The first-order chi connectivity index (χ1) is 6.63. The fourth-order valence-electron chi connectivity index (χ4n) is 1.12. The van der Waals surface area contributed by atoms with Gasteiger partial charge in [0.05, 0.1) is 5.84 Å². The third kappa shape index (κ3) is 2.80. The van der Waals surface area contributed by atoms with Gasteiger partial charge in [-0.05, 0) is 18.6 Å². The predicted molar refractivity (Wildman–Crippen MR) is 52.2 cm³/mol. The fourth-order valence-corrected chi connectivity index (χ4v) is 1.12. The van der Waals surface area contributed by atoms with Crippen LogP contribution >= 0.6 is 0 Å². The number of nitrogens with two attached hydrogens (primary N) is 1. The molecule has 0 bridgehead atoms. The summed E-state index contributed by atoms with van der Waals surface area (Å²) in [6.45, 7) is 2.41. The van der Waals surface area contributed by atoms with Crippen LogP contribution in [0.15, 0.2) is 23.2 Å². The van der Waals surface area contributed by atoms with E-state index in [4.69, 9.17) is 5.73 Å². The minimum Gasteiger partial charge on any atom is -0.387 e. The van der Waals surface area contributed by atoms with Crippen molar-refractivity contribution < 1.29 is 8.78 Å². The lowest BCUT2D eigenvalue weighted by Crippen LogP contribution is -2.16. The van der Waals surface area contributed by atoms with Gasteiger partial charge in [0, 0.05) is 19.0 Å². The van der Waals surface area contributed by atoms with E-state index in [0.29, 0.717) is 17.9 Å². The van der Waals surface area contributed by atoms with Gasteiger partial charge in [-0.1, -0.05) is 6.07 Å². The van der Waals surface area contributed by atoms with E-state index in [9.17, 15) is 8.78 Å². The van der Waals surface area contributed by atoms with Crippen LogP contribution in [0.1, 0.15) is 12.5 Å². The van der Waals surface area contributed by atoms with Gasteiger partial charge in [-0.15, -0.1) is 0 Å². The van der Waals surface area contributed by atoms with Crippen LogP contribution in [-0.4, -0.2) is 12.4 Å². The average Bonchev–Trinajstić information content (AvgIpc) is 2.10. The lowest BCUT2D eigenvalue weighted by atomic mass is 10.1. The van der Waals surface area contributed by atoms with E-state index in [1.807, 2.05) is 6.92 Å². The van der Waals surface area contributed by atoms with Gasteiger partial charge < -0.3 is 5.73 Å². The molecule has 2 N–H and O–H groups in total. The number of benzene rings is 1. The lowest BCUT2D eigenvalue weighted by molar-refractivity contribution is 0.575. The molecule has 2 nitrogen and oxygen atoms in total. The molecule has 0 fully saturated rings. The van der Waals surface area contributed by atoms with E-state index < -0.39 is 11.6 Å². The van der Waals surface area contributed by atoms with E-state index in [0.717, 1.165) is 6.07 Å². The van der Waals surface area contributed by atoms with Crippen molar-refractivity contribution in [3.05, 3.63) is 35.4 Å². The maximum absolute atomic E-state index is 13.1. The quantitative estimate of drug-likeness (QED) is 0.584. The molecule has 0 radical (unpaired) electrons. The Hall–Kier alpha value is -1.45. The fraction of sp³-hybridized carbons (Fsp3) is 0.300. The van der Waals surface area contributed by atoms with Gasteiger partial charge in [-0.2, -0.15) is 0 Å². The maximum Gasteiger partial charge on any atom is 0.129 e. The Labute approximate surface area is 81.5 Å². The first kappa shape index (κ1) is 10.6. The van der Waals surface area contributed by atoms with E-state index in [-0.39, 0.29) is 6.42 Å². The second-order valence-electron chi connectivity index (χ2n) is 2.88. The van der Waals surface area contributed by atoms with Crippen LogP contribution in [-0.2, 0) is 6.42 Å². The summed E-state index contributed by atoms with van der Waals surface area (Å²) >= 11 is 0. The monoisotopic (exact) mass is 198 g/mol. The van der Waals surface area contributed by atoms with Crippen LogP contribution in [0.3, 0.4) is 0 Å². The Bertz CT molecular complexity index is 348. The highest BCUT2D eigenvalue weighted by molar-refractivity contribution is 5.82. The van der Waals surface area contributed by atoms with Crippen LogP contribution < -0.4 is 5.73 Å². The summed E-state index contributed by atoms with van der Waals surface area (Å²) in [5.41, 5.74) is 5.87. The zero-order chi connectivity index (χ0) is 10.6. The summed E-state index contributed by atoms with van der Waals surface area (Å²) in [7, 11) is 0. The number of hydrogen-bond donors (Lipinski definition) is 1. The zero-order valence-electron chi connectivity index (χ0n) is 7.93. The Morgan fingerprint density at radius 3 is 2.71 bits per heavy atom. The van der Waals surface area contributed by atoms with Crippen LogP contribution in [0.4, 0.5) is 8.78 Å². The van der Waals surface area contributed by atoms with Gasteiger partial charge >= 0.3 is 0 Å². The molecule has 0 amide bonds. The number of halogens is 2. The summed E-state index contributed by atoms with van der Waals surface area (Å²) < 4.78 is 25.6. The molecule has 1 aromatic rings. The molecule has 0 atom stereocenters. The zero-order valence-corrected chi connectivity index (χ0v) is 7.93. The molecular formula is C10H12F2N2. The van der Waals surface area contributed by atoms with Crippen molar-refractivity contribution in [2.24, 2.45) is 10.7 Å². The van der Waals surface area contributed by atoms with Gasteiger partial charge in [0.15, 0.2) is 0 Å². The molecule has 0 heterocycles. The maximum atomic E-state index is 13.1. The Morgan fingerprint density at radius 1 is 1.43 bits per heavy atom. The van der Waals surface area contributed by atoms with Crippen molar-refractivity contribution in [3.8, 4) is 0 Å². The molecule has 0 unspecified atom stereocenters. The largest absolute Gasteiger partial charge is 0.387 e. The van der Waals surface area contributed by atoms with Gasteiger partial charge in [0.1, 0.15) is 11.6 Å². The van der Waals surface area contributed by atoms with E-state index in [1.165, 1.54) is 12.1 Å². The van der Waals surface area contributed by atoms with Gasteiger partial charge in [0.25, 0.3) is 0 Å². The molecule has 1 aromatic carbocycles. The van der Waals surface area contributed by atoms with Gasteiger partial charge in [0.2, 0.25) is 0 Å². The van der Waals surface area contributed by atoms with Crippen molar-refractivity contribution in [1.82, 2.24) is 0 Å². The highest BCUT2D eigenvalue weighted by atomic mass is 19.1. The minimum absolute atomic E-state index is 0.222. The molecule has 0 aromatic heterocycles. The average molecular weight is 198 g/mol. The molecule has 76 valence electrons. The molecule has 0 aliphatic carbocycles. The summed E-state index contributed by atoms with van der Waals surface area (Å²) in [4.78, 5) is 3.92. The first-order valence-electron chi connectivity index (χ1n) is 4.36. The third-order valence-corrected chi connectivity index (χ3v) is 1.75. The Kier molecular flexibility index (Phi) is 3.56. The SMILES string of the molecule is CCN=C(N)Cc1ccc(F)cc1F. The van der Waals surface area contributed by atoms with Crippen molar-refractivity contribution >= 4 is 5.84 Å². The second kappa shape index (κ2) is 4.69. The van der Waals surface area contributed by atoms with Crippen molar-refractivity contribution in [1.29, 1.82) is 0 Å². The van der Waals surface area contributed by atoms with E-state index in [2.05, 4.69) is 4.99 Å². The number of aliphatic imine (C=N–C) groups is 1. The molecule has 14 heavy (non-hydrogen) atoms. The van der Waals surface area contributed by atoms with Gasteiger partial charge in [-0.25, -0.2) is 8.78 Å². The number of rotatable bonds is 3.